The van der Waals surface area contributed by atoms with Gasteiger partial charge in [-0.25, -0.2) is 4.39 Å². The third-order valence-corrected chi connectivity index (χ3v) is 4.55. The maximum atomic E-state index is 13.0. The van der Waals surface area contributed by atoms with E-state index in [1.54, 1.807) is 18.2 Å². The molecule has 3 rings (SSSR count). The van der Waals surface area contributed by atoms with Crippen molar-refractivity contribution in [2.75, 3.05) is 5.32 Å². The molecule has 0 radical (unpaired) electrons. The number of anilines is 1. The number of amides is 1. The molecular weight excluding hydrogens is 277 g/mol. The summed E-state index contributed by atoms with van der Waals surface area (Å²) < 4.78 is 13.0. The molecule has 2 atom stereocenters. The highest BCUT2D eigenvalue weighted by atomic mass is 32.2. The van der Waals surface area contributed by atoms with Crippen LogP contribution in [0.2, 0.25) is 0 Å². The molecule has 0 saturated heterocycles. The van der Waals surface area contributed by atoms with Crippen molar-refractivity contribution in [3.05, 3.63) is 59.9 Å². The molecule has 102 valence electrons. The summed E-state index contributed by atoms with van der Waals surface area (Å²) in [6, 6.07) is 13.2. The Morgan fingerprint density at radius 2 is 1.80 bits per heavy atom. The van der Waals surface area contributed by atoms with Gasteiger partial charge in [-0.05, 0) is 29.8 Å². The first-order chi connectivity index (χ1) is 9.65. The maximum absolute atomic E-state index is 13.0. The molecule has 0 spiro atoms. The van der Waals surface area contributed by atoms with Crippen LogP contribution in [0.3, 0.4) is 0 Å². The van der Waals surface area contributed by atoms with Crippen molar-refractivity contribution < 1.29 is 14.3 Å². The summed E-state index contributed by atoms with van der Waals surface area (Å²) in [5, 5.41) is 12.4. The van der Waals surface area contributed by atoms with E-state index in [1.807, 2.05) is 18.2 Å². The first kappa shape index (κ1) is 13.1. The van der Waals surface area contributed by atoms with Crippen LogP contribution in [0.4, 0.5) is 10.1 Å². The Balaban J connectivity index is 2.01. The van der Waals surface area contributed by atoms with E-state index in [2.05, 4.69) is 5.32 Å². The second kappa shape index (κ2) is 5.26. The second-order valence-corrected chi connectivity index (χ2v) is 5.70. The van der Waals surface area contributed by atoms with Crippen LogP contribution >= 0.6 is 11.8 Å². The maximum Gasteiger partial charge on any atom is 0.254 e. The number of hydrogen-bond acceptors (Lipinski definition) is 3. The second-order valence-electron chi connectivity index (χ2n) is 4.52. The minimum absolute atomic E-state index is 0.341. The summed E-state index contributed by atoms with van der Waals surface area (Å²) in [7, 11) is 0. The van der Waals surface area contributed by atoms with E-state index in [0.29, 0.717) is 5.69 Å². The van der Waals surface area contributed by atoms with Crippen molar-refractivity contribution in [3.63, 3.8) is 0 Å². The summed E-state index contributed by atoms with van der Waals surface area (Å²) >= 11 is 1.39. The Morgan fingerprint density at radius 1 is 1.10 bits per heavy atom. The first-order valence-corrected chi connectivity index (χ1v) is 7.03. The highest BCUT2D eigenvalue weighted by molar-refractivity contribution is 7.99. The molecule has 20 heavy (non-hydrogen) atoms. The number of aliphatic hydroxyl groups excluding tert-OH is 1. The predicted octanol–water partition coefficient (Wildman–Crippen LogP) is 2.97. The highest BCUT2D eigenvalue weighted by Crippen LogP contribution is 2.43. The van der Waals surface area contributed by atoms with Gasteiger partial charge in [-0.15, -0.1) is 11.8 Å². The van der Waals surface area contributed by atoms with Crippen LogP contribution in [0.5, 0.6) is 0 Å². The largest absolute Gasteiger partial charge is 0.382 e. The molecule has 0 aliphatic carbocycles. The average Bonchev–Trinajstić information content (AvgIpc) is 2.58. The molecule has 1 aliphatic rings. The van der Waals surface area contributed by atoms with Crippen molar-refractivity contribution >= 4 is 23.4 Å². The van der Waals surface area contributed by atoms with E-state index >= 15 is 0 Å². The lowest BCUT2D eigenvalue weighted by molar-refractivity contribution is -0.124. The van der Waals surface area contributed by atoms with Crippen molar-refractivity contribution in [1.82, 2.24) is 0 Å². The van der Waals surface area contributed by atoms with Crippen molar-refractivity contribution in [3.8, 4) is 0 Å². The van der Waals surface area contributed by atoms with Crippen LogP contribution in [0.25, 0.3) is 0 Å². The van der Waals surface area contributed by atoms with Crippen LogP contribution in [-0.2, 0) is 4.79 Å². The van der Waals surface area contributed by atoms with Gasteiger partial charge in [-0.3, -0.25) is 4.79 Å². The number of rotatable bonds is 1. The van der Waals surface area contributed by atoms with Crippen LogP contribution < -0.4 is 5.32 Å². The number of aliphatic hydroxyl groups is 1. The van der Waals surface area contributed by atoms with E-state index in [0.717, 1.165) is 10.5 Å². The quantitative estimate of drug-likeness (QED) is 0.848. The zero-order chi connectivity index (χ0) is 14.1. The van der Waals surface area contributed by atoms with Crippen LogP contribution in [-0.4, -0.2) is 17.1 Å². The molecule has 2 aromatic carbocycles. The SMILES string of the molecule is O=C1Nc2ccccc2S[C@@H](c2ccc(F)cc2)[C@H]1O. The molecule has 0 fully saturated rings. The smallest absolute Gasteiger partial charge is 0.254 e. The van der Waals surface area contributed by atoms with Gasteiger partial charge in [0.2, 0.25) is 0 Å². The van der Waals surface area contributed by atoms with Gasteiger partial charge < -0.3 is 10.4 Å². The third kappa shape index (κ3) is 2.42. The fourth-order valence-corrected chi connectivity index (χ4v) is 3.34. The Morgan fingerprint density at radius 3 is 2.55 bits per heavy atom. The molecule has 2 N–H and O–H groups in total. The Labute approximate surface area is 119 Å². The molecule has 1 aliphatic heterocycles. The third-order valence-electron chi connectivity index (χ3n) is 3.15. The van der Waals surface area contributed by atoms with E-state index in [9.17, 15) is 14.3 Å². The molecule has 3 nitrogen and oxygen atoms in total. The highest BCUT2D eigenvalue weighted by Gasteiger charge is 2.32. The number of hydrogen-bond donors (Lipinski definition) is 2. The van der Waals surface area contributed by atoms with Gasteiger partial charge in [0.25, 0.3) is 5.91 Å². The molecule has 0 bridgehead atoms. The lowest BCUT2D eigenvalue weighted by Crippen LogP contribution is -2.30. The van der Waals surface area contributed by atoms with E-state index in [4.69, 9.17) is 0 Å². The number of halogens is 1. The topological polar surface area (TPSA) is 49.3 Å². The van der Waals surface area contributed by atoms with E-state index < -0.39 is 17.3 Å². The monoisotopic (exact) mass is 289 g/mol. The standard InChI is InChI=1S/C15H12FNO2S/c16-10-7-5-9(6-8-10)14-13(18)15(19)17-11-3-1-2-4-12(11)20-14/h1-8,13-14,18H,(H,17,19)/t13-,14+/m1/s1. The molecule has 5 heteroatoms. The van der Waals surface area contributed by atoms with Gasteiger partial charge in [-0.1, -0.05) is 24.3 Å². The fourth-order valence-electron chi connectivity index (χ4n) is 2.12. The summed E-state index contributed by atoms with van der Waals surface area (Å²) in [6.07, 6.45) is -1.18. The average molecular weight is 289 g/mol. The Bertz CT molecular complexity index is 645. The van der Waals surface area contributed by atoms with Gasteiger partial charge in [0, 0.05) is 4.90 Å². The summed E-state index contributed by atoms with van der Waals surface area (Å²) in [4.78, 5) is 12.9. The summed E-state index contributed by atoms with van der Waals surface area (Å²) in [6.45, 7) is 0. The van der Waals surface area contributed by atoms with Gasteiger partial charge in [0.1, 0.15) is 11.9 Å². The lowest BCUT2D eigenvalue weighted by atomic mass is 10.1. The van der Waals surface area contributed by atoms with E-state index in [1.165, 1.54) is 23.9 Å². The van der Waals surface area contributed by atoms with Crippen LogP contribution in [0.15, 0.2) is 53.4 Å². The van der Waals surface area contributed by atoms with E-state index in [-0.39, 0.29) is 5.82 Å². The zero-order valence-corrected chi connectivity index (χ0v) is 11.2. The number of fused-ring (bicyclic) bond motifs is 1. The van der Waals surface area contributed by atoms with Gasteiger partial charge >= 0.3 is 0 Å². The van der Waals surface area contributed by atoms with Crippen LogP contribution in [0.1, 0.15) is 10.8 Å². The Hall–Kier alpha value is -1.85. The van der Waals surface area contributed by atoms with Gasteiger partial charge in [-0.2, -0.15) is 0 Å². The molecule has 1 amide bonds. The predicted molar refractivity (Wildman–Crippen MR) is 76.1 cm³/mol. The fraction of sp³-hybridized carbons (Fsp3) is 0.133. The molecular formula is C15H12FNO2S. The van der Waals surface area contributed by atoms with Gasteiger partial charge in [0.15, 0.2) is 0 Å². The normalized spacial score (nSPS) is 21.8. The molecule has 0 saturated carbocycles. The molecule has 0 unspecified atom stereocenters. The number of carbonyl (C=O) groups is 1. The first-order valence-electron chi connectivity index (χ1n) is 6.15. The number of nitrogens with one attached hydrogen (secondary N) is 1. The molecule has 2 aromatic rings. The van der Waals surface area contributed by atoms with Crippen molar-refractivity contribution in [2.45, 2.75) is 16.2 Å². The number of para-hydroxylation sites is 1. The molecule has 0 aromatic heterocycles. The van der Waals surface area contributed by atoms with Crippen molar-refractivity contribution in [1.29, 1.82) is 0 Å². The summed E-state index contributed by atoms with van der Waals surface area (Å²) in [5.41, 5.74) is 1.40. The number of carbonyl (C=O) groups excluding carboxylic acids is 1. The minimum atomic E-state index is -1.18. The minimum Gasteiger partial charge on any atom is -0.382 e. The van der Waals surface area contributed by atoms with Crippen molar-refractivity contribution in [2.24, 2.45) is 0 Å². The van der Waals surface area contributed by atoms with Gasteiger partial charge in [0.05, 0.1) is 10.9 Å². The van der Waals surface area contributed by atoms with Crippen LogP contribution in [0, 0.1) is 5.82 Å². The zero-order valence-electron chi connectivity index (χ0n) is 10.4. The number of benzene rings is 2. The number of thioether (sulfide) groups is 1. The summed E-state index contributed by atoms with van der Waals surface area (Å²) in [5.74, 6) is -0.788. The lowest BCUT2D eigenvalue weighted by Gasteiger charge is -2.18. The molecule has 1 heterocycles. The Kier molecular flexibility index (Phi) is 3.46.